The molecule has 0 bridgehead atoms. The van der Waals surface area contributed by atoms with Crippen LogP contribution in [0.5, 0.6) is 11.5 Å². The third-order valence-electron chi connectivity index (χ3n) is 3.89. The van der Waals surface area contributed by atoms with Gasteiger partial charge in [-0.25, -0.2) is 0 Å². The lowest BCUT2D eigenvalue weighted by Crippen LogP contribution is -2.26. The van der Waals surface area contributed by atoms with Gasteiger partial charge >= 0.3 is 0 Å². The molecule has 0 aliphatic carbocycles. The summed E-state index contributed by atoms with van der Waals surface area (Å²) < 4.78 is 10.9. The summed E-state index contributed by atoms with van der Waals surface area (Å²) in [5.41, 5.74) is 2.60. The average Bonchev–Trinajstić information content (AvgIpc) is 2.59. The predicted octanol–water partition coefficient (Wildman–Crippen LogP) is 4.63. The van der Waals surface area contributed by atoms with Crippen molar-refractivity contribution in [1.29, 1.82) is 0 Å². The van der Waals surface area contributed by atoms with Gasteiger partial charge in [-0.3, -0.25) is 0 Å². The fourth-order valence-corrected chi connectivity index (χ4v) is 2.52. The van der Waals surface area contributed by atoms with Crippen LogP contribution in [0.1, 0.15) is 31.4 Å². The van der Waals surface area contributed by atoms with Gasteiger partial charge in [0.15, 0.2) is 11.5 Å². The van der Waals surface area contributed by atoms with Crippen molar-refractivity contribution < 1.29 is 9.47 Å². The van der Waals surface area contributed by atoms with Crippen molar-refractivity contribution in [1.82, 2.24) is 5.32 Å². The average molecular weight is 350 g/mol. The first kappa shape index (κ1) is 20.3. The van der Waals surface area contributed by atoms with Gasteiger partial charge in [-0.05, 0) is 49.9 Å². The zero-order valence-electron chi connectivity index (χ0n) is 14.7. The molecule has 0 heterocycles. The Balaban J connectivity index is 0.00000288. The summed E-state index contributed by atoms with van der Waals surface area (Å²) in [7, 11) is 1.67. The summed E-state index contributed by atoms with van der Waals surface area (Å²) in [6, 6.07) is 17.2. The van der Waals surface area contributed by atoms with Crippen LogP contribution in [0.2, 0.25) is 0 Å². The number of methoxy groups -OCH3 is 1. The van der Waals surface area contributed by atoms with E-state index in [4.69, 9.17) is 9.47 Å². The van der Waals surface area contributed by atoms with Crippen LogP contribution in [0.4, 0.5) is 0 Å². The summed E-state index contributed by atoms with van der Waals surface area (Å²) in [4.78, 5) is 0. The molecular weight excluding hydrogens is 322 g/mol. The van der Waals surface area contributed by atoms with Crippen molar-refractivity contribution >= 4 is 12.4 Å². The number of hydrogen-bond acceptors (Lipinski definition) is 3. The van der Waals surface area contributed by atoms with Crippen LogP contribution < -0.4 is 14.8 Å². The zero-order chi connectivity index (χ0) is 16.5. The minimum absolute atomic E-state index is 0. The molecule has 2 rings (SSSR count). The monoisotopic (exact) mass is 349 g/mol. The molecule has 2 aromatic carbocycles. The molecule has 2 aromatic rings. The number of aryl methyl sites for hydroxylation is 1. The molecule has 0 fully saturated rings. The first-order valence-electron chi connectivity index (χ1n) is 8.30. The number of hydrogen-bond donors (Lipinski definition) is 1. The van der Waals surface area contributed by atoms with Crippen LogP contribution in [0.25, 0.3) is 0 Å². The normalized spacial score (nSPS) is 11.5. The van der Waals surface area contributed by atoms with Gasteiger partial charge < -0.3 is 14.8 Å². The van der Waals surface area contributed by atoms with E-state index in [0.29, 0.717) is 12.6 Å². The Hall–Kier alpha value is -1.71. The second-order valence-electron chi connectivity index (χ2n) is 5.72. The highest BCUT2D eigenvalue weighted by atomic mass is 35.5. The van der Waals surface area contributed by atoms with Crippen molar-refractivity contribution in [3.05, 3.63) is 59.7 Å². The maximum atomic E-state index is 5.63. The summed E-state index contributed by atoms with van der Waals surface area (Å²) in [5.74, 6) is 1.60. The maximum Gasteiger partial charge on any atom is 0.161 e. The quantitative estimate of drug-likeness (QED) is 0.716. The third-order valence-corrected chi connectivity index (χ3v) is 3.89. The Morgan fingerprint density at radius 1 is 1.00 bits per heavy atom. The summed E-state index contributed by atoms with van der Waals surface area (Å²) in [6.45, 7) is 5.69. The second kappa shape index (κ2) is 11.0. The van der Waals surface area contributed by atoms with E-state index in [1.54, 1.807) is 7.11 Å². The number of ether oxygens (including phenoxy) is 2. The predicted molar refractivity (Wildman–Crippen MR) is 102 cm³/mol. The first-order valence-corrected chi connectivity index (χ1v) is 8.30. The maximum absolute atomic E-state index is 5.63. The second-order valence-corrected chi connectivity index (χ2v) is 5.72. The topological polar surface area (TPSA) is 30.5 Å². The molecule has 4 heteroatoms. The van der Waals surface area contributed by atoms with Crippen LogP contribution in [0, 0.1) is 0 Å². The lowest BCUT2D eigenvalue weighted by Gasteiger charge is -2.15. The summed E-state index contributed by atoms with van der Waals surface area (Å²) >= 11 is 0. The molecular formula is C20H28ClNO2. The minimum Gasteiger partial charge on any atom is -0.493 e. The highest BCUT2D eigenvalue weighted by Gasteiger charge is 2.07. The van der Waals surface area contributed by atoms with Crippen molar-refractivity contribution in [2.75, 3.05) is 13.7 Å². The fourth-order valence-electron chi connectivity index (χ4n) is 2.52. The molecule has 0 aliphatic heterocycles. The van der Waals surface area contributed by atoms with Crippen LogP contribution in [-0.2, 0) is 13.0 Å². The number of nitrogens with one attached hydrogen (secondary N) is 1. The molecule has 1 atom stereocenters. The molecule has 1 N–H and O–H groups in total. The van der Waals surface area contributed by atoms with E-state index >= 15 is 0 Å². The van der Waals surface area contributed by atoms with Crippen molar-refractivity contribution in [3.63, 3.8) is 0 Å². The molecule has 0 amide bonds. The van der Waals surface area contributed by atoms with Crippen LogP contribution >= 0.6 is 12.4 Å². The number of rotatable bonds is 9. The van der Waals surface area contributed by atoms with E-state index in [-0.39, 0.29) is 12.4 Å². The van der Waals surface area contributed by atoms with Crippen molar-refractivity contribution in [2.24, 2.45) is 0 Å². The first-order chi connectivity index (χ1) is 11.2. The largest absolute Gasteiger partial charge is 0.493 e. The molecule has 24 heavy (non-hydrogen) atoms. The van der Waals surface area contributed by atoms with E-state index in [2.05, 4.69) is 54.7 Å². The third kappa shape index (κ3) is 6.42. The van der Waals surface area contributed by atoms with Crippen molar-refractivity contribution in [3.8, 4) is 11.5 Å². The van der Waals surface area contributed by atoms with Crippen molar-refractivity contribution in [2.45, 2.75) is 39.3 Å². The highest BCUT2D eigenvalue weighted by molar-refractivity contribution is 5.85. The van der Waals surface area contributed by atoms with E-state index in [9.17, 15) is 0 Å². The van der Waals surface area contributed by atoms with Gasteiger partial charge in [-0.1, -0.05) is 36.4 Å². The van der Waals surface area contributed by atoms with Gasteiger partial charge in [0.25, 0.3) is 0 Å². The lowest BCUT2D eigenvalue weighted by molar-refractivity contribution is 0.310. The zero-order valence-corrected chi connectivity index (χ0v) is 15.6. The molecule has 132 valence electrons. The number of halogens is 1. The highest BCUT2D eigenvalue weighted by Crippen LogP contribution is 2.28. The summed E-state index contributed by atoms with van der Waals surface area (Å²) in [5, 5.41) is 3.58. The van der Waals surface area contributed by atoms with E-state index in [1.807, 2.05) is 13.0 Å². The van der Waals surface area contributed by atoms with Crippen LogP contribution in [-0.4, -0.2) is 19.8 Å². The van der Waals surface area contributed by atoms with Gasteiger partial charge in [0.05, 0.1) is 13.7 Å². The van der Waals surface area contributed by atoms with Gasteiger partial charge in [0.2, 0.25) is 0 Å². The van der Waals surface area contributed by atoms with Gasteiger partial charge in [-0.2, -0.15) is 0 Å². The Labute approximate surface area is 151 Å². The molecule has 1 unspecified atom stereocenters. The molecule has 0 saturated heterocycles. The standard InChI is InChI=1S/C20H27NO2.ClH/c1-4-23-20-14-18(12-13-19(20)22-3)15-21-16(2)10-11-17-8-6-5-7-9-17;/h5-9,12-14,16,21H,4,10-11,15H2,1-3H3;1H. The molecule has 0 radical (unpaired) electrons. The number of benzene rings is 2. The Kier molecular flexibility index (Phi) is 9.28. The Bertz CT molecular complexity index is 589. The van der Waals surface area contributed by atoms with Gasteiger partial charge in [-0.15, -0.1) is 12.4 Å². The van der Waals surface area contributed by atoms with Gasteiger partial charge in [0, 0.05) is 12.6 Å². The van der Waals surface area contributed by atoms with Crippen LogP contribution in [0.3, 0.4) is 0 Å². The Morgan fingerprint density at radius 2 is 1.75 bits per heavy atom. The molecule has 0 aromatic heterocycles. The molecule has 0 spiro atoms. The lowest BCUT2D eigenvalue weighted by atomic mass is 10.1. The molecule has 0 saturated carbocycles. The summed E-state index contributed by atoms with van der Waals surface area (Å²) in [6.07, 6.45) is 2.22. The van der Waals surface area contributed by atoms with E-state index in [0.717, 1.165) is 30.9 Å². The SMILES string of the molecule is CCOc1cc(CNC(C)CCc2ccccc2)ccc1OC.Cl. The molecule has 3 nitrogen and oxygen atoms in total. The minimum atomic E-state index is 0. The van der Waals surface area contributed by atoms with E-state index in [1.165, 1.54) is 11.1 Å². The Morgan fingerprint density at radius 3 is 2.42 bits per heavy atom. The molecule has 0 aliphatic rings. The van der Waals surface area contributed by atoms with Gasteiger partial charge in [0.1, 0.15) is 0 Å². The van der Waals surface area contributed by atoms with Crippen LogP contribution in [0.15, 0.2) is 48.5 Å². The van der Waals surface area contributed by atoms with E-state index < -0.39 is 0 Å². The fraction of sp³-hybridized carbons (Fsp3) is 0.400. The smallest absolute Gasteiger partial charge is 0.161 e.